The van der Waals surface area contributed by atoms with Crippen LogP contribution in [0.15, 0.2) is 42.6 Å². The highest BCUT2D eigenvalue weighted by Crippen LogP contribution is 2.45. The SMILES string of the molecule is Cc1cc(C)c2[nH]ccc2c1CN1CC[C@]2(CCCO2)CC1c1ccc(C(=O)O)cc1. The summed E-state index contributed by atoms with van der Waals surface area (Å²) in [5, 5.41) is 10.6. The smallest absolute Gasteiger partial charge is 0.335 e. The lowest BCUT2D eigenvalue weighted by atomic mass is 9.81. The summed E-state index contributed by atoms with van der Waals surface area (Å²) in [6.45, 7) is 7.07. The number of ether oxygens (including phenoxy) is 1. The highest BCUT2D eigenvalue weighted by atomic mass is 16.5. The van der Waals surface area contributed by atoms with E-state index in [-0.39, 0.29) is 11.6 Å². The predicted octanol–water partition coefficient (Wildman–Crippen LogP) is 5.37. The summed E-state index contributed by atoms with van der Waals surface area (Å²) < 4.78 is 6.27. The second-order valence-corrected chi connectivity index (χ2v) is 9.26. The summed E-state index contributed by atoms with van der Waals surface area (Å²) in [4.78, 5) is 17.3. The maximum Gasteiger partial charge on any atom is 0.335 e. The van der Waals surface area contributed by atoms with Crippen LogP contribution in [0.5, 0.6) is 0 Å². The molecule has 31 heavy (non-hydrogen) atoms. The number of nitrogens with zero attached hydrogens (tertiary/aromatic N) is 1. The van der Waals surface area contributed by atoms with Crippen LogP contribution in [-0.2, 0) is 11.3 Å². The van der Waals surface area contributed by atoms with E-state index in [9.17, 15) is 9.90 Å². The third-order valence-corrected chi connectivity index (χ3v) is 7.32. The normalized spacial score (nSPS) is 24.3. The zero-order valence-electron chi connectivity index (χ0n) is 18.3. The molecule has 1 spiro atoms. The average Bonchev–Trinajstić information content (AvgIpc) is 3.42. The van der Waals surface area contributed by atoms with Crippen molar-refractivity contribution in [3.05, 3.63) is 70.4 Å². The third kappa shape index (κ3) is 3.66. The molecule has 0 saturated carbocycles. The standard InChI is InChI=1S/C26H30N2O3/c1-17-14-18(2)24-21(8-11-27-24)22(17)16-28-12-10-26(9-3-13-31-26)15-23(28)19-4-6-20(7-5-19)25(29)30/h4-8,11,14,23,27H,3,9-10,12-13,15-16H2,1-2H3,(H,29,30)/t23?,26-/m1/s1. The molecule has 2 N–H and O–H groups in total. The van der Waals surface area contributed by atoms with Crippen LogP contribution in [-0.4, -0.2) is 39.7 Å². The minimum atomic E-state index is -0.882. The maximum atomic E-state index is 11.3. The number of aromatic carboxylic acids is 1. The number of hydrogen-bond acceptors (Lipinski definition) is 3. The van der Waals surface area contributed by atoms with Gasteiger partial charge in [0, 0.05) is 42.8 Å². The largest absolute Gasteiger partial charge is 0.478 e. The number of hydrogen-bond donors (Lipinski definition) is 2. The Kier molecular flexibility index (Phi) is 5.11. The van der Waals surface area contributed by atoms with E-state index in [2.05, 4.69) is 35.9 Å². The molecule has 2 aliphatic heterocycles. The number of likely N-dealkylation sites (tertiary alicyclic amines) is 1. The summed E-state index contributed by atoms with van der Waals surface area (Å²) in [6.07, 6.45) is 6.29. The number of aromatic nitrogens is 1. The van der Waals surface area contributed by atoms with Crippen LogP contribution in [0.4, 0.5) is 0 Å². The Bertz CT molecular complexity index is 1110. The number of carbonyl (C=O) groups is 1. The van der Waals surface area contributed by atoms with Crippen LogP contribution in [0.25, 0.3) is 10.9 Å². The molecule has 0 aliphatic carbocycles. The Morgan fingerprint density at radius 1 is 1.19 bits per heavy atom. The van der Waals surface area contributed by atoms with Gasteiger partial charge in [-0.3, -0.25) is 4.90 Å². The Morgan fingerprint density at radius 3 is 2.71 bits per heavy atom. The number of aromatic amines is 1. The Morgan fingerprint density at radius 2 is 2.00 bits per heavy atom. The monoisotopic (exact) mass is 418 g/mol. The molecule has 1 unspecified atom stereocenters. The zero-order chi connectivity index (χ0) is 21.6. The van der Waals surface area contributed by atoms with Crippen molar-refractivity contribution in [1.82, 2.24) is 9.88 Å². The van der Waals surface area contributed by atoms with Gasteiger partial charge in [0.15, 0.2) is 0 Å². The molecule has 5 heteroatoms. The highest BCUT2D eigenvalue weighted by Gasteiger charge is 2.43. The van der Waals surface area contributed by atoms with Crippen LogP contribution in [0.2, 0.25) is 0 Å². The van der Waals surface area contributed by atoms with Gasteiger partial charge >= 0.3 is 5.97 Å². The van der Waals surface area contributed by atoms with Crippen LogP contribution in [0.3, 0.4) is 0 Å². The second-order valence-electron chi connectivity index (χ2n) is 9.26. The average molecular weight is 419 g/mol. The minimum absolute atomic E-state index is 0.0294. The number of nitrogens with one attached hydrogen (secondary N) is 1. The van der Waals surface area contributed by atoms with Gasteiger partial charge in [-0.1, -0.05) is 18.2 Å². The van der Waals surface area contributed by atoms with Gasteiger partial charge in [0.1, 0.15) is 0 Å². The van der Waals surface area contributed by atoms with E-state index in [0.29, 0.717) is 5.56 Å². The lowest BCUT2D eigenvalue weighted by Gasteiger charge is -2.45. The Labute approximate surface area is 183 Å². The number of carboxylic acid groups (broad SMARTS) is 1. The molecule has 2 atom stereocenters. The first-order valence-corrected chi connectivity index (χ1v) is 11.2. The third-order valence-electron chi connectivity index (χ3n) is 7.32. The van der Waals surface area contributed by atoms with Crippen molar-refractivity contribution in [1.29, 1.82) is 0 Å². The summed E-state index contributed by atoms with van der Waals surface area (Å²) >= 11 is 0. The number of carboxylic acids is 1. The van der Waals surface area contributed by atoms with E-state index in [1.807, 2.05) is 18.3 Å². The summed E-state index contributed by atoms with van der Waals surface area (Å²) in [5.74, 6) is -0.882. The number of H-pyrrole nitrogens is 1. The minimum Gasteiger partial charge on any atom is -0.478 e. The molecule has 2 fully saturated rings. The van der Waals surface area contributed by atoms with Crippen LogP contribution >= 0.6 is 0 Å². The van der Waals surface area contributed by atoms with Gasteiger partial charge in [0.2, 0.25) is 0 Å². The lowest BCUT2D eigenvalue weighted by molar-refractivity contribution is -0.0675. The van der Waals surface area contributed by atoms with Gasteiger partial charge in [-0.2, -0.15) is 0 Å². The Balaban J connectivity index is 1.50. The topological polar surface area (TPSA) is 65.6 Å². The molecule has 0 bridgehead atoms. The van der Waals surface area contributed by atoms with Crippen molar-refractivity contribution in [2.75, 3.05) is 13.2 Å². The van der Waals surface area contributed by atoms with Crippen LogP contribution < -0.4 is 0 Å². The molecule has 2 aromatic carbocycles. The van der Waals surface area contributed by atoms with Crippen molar-refractivity contribution in [3.63, 3.8) is 0 Å². The molecule has 3 heterocycles. The maximum absolute atomic E-state index is 11.3. The lowest BCUT2D eigenvalue weighted by Crippen LogP contribution is -2.45. The van der Waals surface area contributed by atoms with E-state index in [0.717, 1.165) is 45.4 Å². The van der Waals surface area contributed by atoms with Crippen LogP contribution in [0, 0.1) is 13.8 Å². The molecule has 1 aromatic heterocycles. The van der Waals surface area contributed by atoms with Gasteiger partial charge in [-0.15, -0.1) is 0 Å². The first-order valence-electron chi connectivity index (χ1n) is 11.2. The number of aryl methyl sites for hydroxylation is 2. The molecule has 2 aliphatic rings. The van der Waals surface area contributed by atoms with Crippen molar-refractivity contribution in [2.45, 2.75) is 57.7 Å². The fourth-order valence-electron chi connectivity index (χ4n) is 5.62. The molecule has 5 rings (SSSR count). The quantitative estimate of drug-likeness (QED) is 0.598. The van der Waals surface area contributed by atoms with Gasteiger partial charge in [0.25, 0.3) is 0 Å². The Hall–Kier alpha value is -2.63. The number of piperidine rings is 1. The van der Waals surface area contributed by atoms with Gasteiger partial charge in [-0.25, -0.2) is 4.79 Å². The molecule has 2 saturated heterocycles. The molecular formula is C26H30N2O3. The van der Waals surface area contributed by atoms with Gasteiger partial charge in [0.05, 0.1) is 11.2 Å². The van der Waals surface area contributed by atoms with Gasteiger partial charge in [-0.05, 0) is 80.0 Å². The fourth-order valence-corrected chi connectivity index (χ4v) is 5.62. The summed E-state index contributed by atoms with van der Waals surface area (Å²) in [6, 6.07) is 12.1. The van der Waals surface area contributed by atoms with Crippen molar-refractivity contribution in [3.8, 4) is 0 Å². The van der Waals surface area contributed by atoms with E-state index in [1.54, 1.807) is 12.1 Å². The fraction of sp³-hybridized carbons (Fsp3) is 0.423. The molecule has 3 aromatic rings. The first kappa shape index (κ1) is 20.3. The van der Waals surface area contributed by atoms with E-state index in [1.165, 1.54) is 33.2 Å². The highest BCUT2D eigenvalue weighted by molar-refractivity contribution is 5.88. The number of fused-ring (bicyclic) bond motifs is 1. The van der Waals surface area contributed by atoms with Crippen molar-refractivity contribution < 1.29 is 14.6 Å². The first-order chi connectivity index (χ1) is 15.0. The van der Waals surface area contributed by atoms with E-state index < -0.39 is 5.97 Å². The van der Waals surface area contributed by atoms with Crippen molar-refractivity contribution >= 4 is 16.9 Å². The number of benzene rings is 2. The molecule has 162 valence electrons. The second kappa shape index (κ2) is 7.81. The van der Waals surface area contributed by atoms with E-state index >= 15 is 0 Å². The summed E-state index contributed by atoms with van der Waals surface area (Å²) in [5.41, 5.74) is 6.67. The van der Waals surface area contributed by atoms with Crippen molar-refractivity contribution in [2.24, 2.45) is 0 Å². The van der Waals surface area contributed by atoms with E-state index in [4.69, 9.17) is 4.74 Å². The molecule has 0 radical (unpaired) electrons. The molecule has 0 amide bonds. The predicted molar refractivity (Wildman–Crippen MR) is 121 cm³/mol. The molecular weight excluding hydrogens is 388 g/mol. The number of rotatable bonds is 4. The van der Waals surface area contributed by atoms with Crippen LogP contribution in [0.1, 0.15) is 64.3 Å². The summed E-state index contributed by atoms with van der Waals surface area (Å²) in [7, 11) is 0. The van der Waals surface area contributed by atoms with Gasteiger partial charge < -0.3 is 14.8 Å². The molecule has 5 nitrogen and oxygen atoms in total. The zero-order valence-corrected chi connectivity index (χ0v) is 18.3.